The van der Waals surface area contributed by atoms with E-state index in [1.54, 1.807) is 30.1 Å². The van der Waals surface area contributed by atoms with Gasteiger partial charge in [-0.3, -0.25) is 19.0 Å². The third-order valence-electron chi connectivity index (χ3n) is 9.88. The number of hydrogen-bond acceptors (Lipinski definition) is 7. The molecule has 0 spiro atoms. The van der Waals surface area contributed by atoms with Crippen molar-refractivity contribution < 1.29 is 23.3 Å². The summed E-state index contributed by atoms with van der Waals surface area (Å²) in [5, 5.41) is 4.88. The summed E-state index contributed by atoms with van der Waals surface area (Å²) >= 11 is 6.46. The van der Waals surface area contributed by atoms with Gasteiger partial charge in [-0.15, -0.1) is 4.36 Å². The maximum atomic E-state index is 14.5. The average molecular weight is 708 g/mol. The third kappa shape index (κ3) is 8.38. The van der Waals surface area contributed by atoms with Crippen molar-refractivity contribution in [3.05, 3.63) is 88.2 Å². The van der Waals surface area contributed by atoms with Crippen molar-refractivity contribution in [3.8, 4) is 5.75 Å². The number of hydrogen-bond donors (Lipinski definition) is 1. The number of halogens is 1. The molecule has 5 atom stereocenters. The number of benzene rings is 2. The van der Waals surface area contributed by atoms with Gasteiger partial charge in [0.1, 0.15) is 15.7 Å². The Balaban J connectivity index is 1.44. The molecule has 3 heterocycles. The molecule has 1 N–H and O–H groups in total. The highest BCUT2D eigenvalue weighted by Gasteiger charge is 2.38. The fourth-order valence-corrected chi connectivity index (χ4v) is 9.12. The number of nitrogens with zero attached hydrogens (tertiary/aromatic N) is 4. The van der Waals surface area contributed by atoms with Crippen LogP contribution in [0.4, 0.5) is 5.69 Å². The Kier molecular flexibility index (Phi) is 11.1. The van der Waals surface area contributed by atoms with Crippen molar-refractivity contribution in [2.45, 2.75) is 71.6 Å². The molecule has 6 rings (SSSR count). The highest BCUT2D eigenvalue weighted by Crippen LogP contribution is 2.42. The number of amides is 2. The molecular weight excluding hydrogens is 662 g/mol. The number of aromatic nitrogens is 2. The summed E-state index contributed by atoms with van der Waals surface area (Å²) in [7, 11) is -1.78. The summed E-state index contributed by atoms with van der Waals surface area (Å²) in [5.74, 6) is -0.0210. The van der Waals surface area contributed by atoms with E-state index in [0.29, 0.717) is 48.7 Å². The van der Waals surface area contributed by atoms with Crippen LogP contribution in [0.5, 0.6) is 5.75 Å². The molecule has 10 nitrogen and oxygen atoms in total. The molecule has 2 bridgehead atoms. The van der Waals surface area contributed by atoms with Crippen LogP contribution in [0.15, 0.2) is 65.3 Å². The maximum Gasteiger partial charge on any atom is 0.286 e. The zero-order chi connectivity index (χ0) is 34.5. The largest absolute Gasteiger partial charge is 0.491 e. The van der Waals surface area contributed by atoms with Crippen LogP contribution in [0.3, 0.4) is 0 Å². The number of methoxy groups -OCH3 is 1. The molecule has 0 radical (unpaired) electrons. The minimum absolute atomic E-state index is 0.0000419. The fraction of sp³-hybridized carbons (Fsp3) is 0.486. The molecule has 2 aromatic carbocycles. The van der Waals surface area contributed by atoms with Crippen LogP contribution in [-0.4, -0.2) is 57.9 Å². The second-order valence-electron chi connectivity index (χ2n) is 13.5. The predicted octanol–water partition coefficient (Wildman–Crippen LogP) is 6.87. The van der Waals surface area contributed by atoms with Gasteiger partial charge in [0.25, 0.3) is 11.8 Å². The molecule has 49 heavy (non-hydrogen) atoms. The first-order chi connectivity index (χ1) is 23.6. The lowest BCUT2D eigenvalue weighted by Gasteiger charge is -2.43. The van der Waals surface area contributed by atoms with Gasteiger partial charge in [-0.05, 0) is 105 Å². The molecule has 1 unspecified atom stereocenters. The van der Waals surface area contributed by atoms with Crippen LogP contribution in [0, 0.1) is 17.8 Å². The van der Waals surface area contributed by atoms with E-state index in [9.17, 15) is 13.8 Å². The second kappa shape index (κ2) is 15.5. The van der Waals surface area contributed by atoms with E-state index in [4.69, 9.17) is 21.1 Å². The Bertz CT molecular complexity index is 1830. The monoisotopic (exact) mass is 707 g/mol. The summed E-state index contributed by atoms with van der Waals surface area (Å²) in [5.41, 5.74) is 3.70. The predicted molar refractivity (Wildman–Crippen MR) is 192 cm³/mol. The summed E-state index contributed by atoms with van der Waals surface area (Å²) in [6.45, 7) is 6.31. The first-order valence-electron chi connectivity index (χ1n) is 17.3. The summed E-state index contributed by atoms with van der Waals surface area (Å²) in [4.78, 5) is 29.5. The molecule has 1 aromatic heterocycles. The van der Waals surface area contributed by atoms with Crippen LogP contribution in [-0.2, 0) is 34.2 Å². The third-order valence-corrected chi connectivity index (χ3v) is 12.1. The lowest BCUT2D eigenvalue weighted by molar-refractivity contribution is 0.0133. The van der Waals surface area contributed by atoms with E-state index in [-0.39, 0.29) is 28.9 Å². The van der Waals surface area contributed by atoms with Gasteiger partial charge < -0.3 is 14.4 Å². The van der Waals surface area contributed by atoms with E-state index in [2.05, 4.69) is 43.4 Å². The van der Waals surface area contributed by atoms with Gasteiger partial charge in [0.2, 0.25) is 0 Å². The summed E-state index contributed by atoms with van der Waals surface area (Å²) < 4.78 is 35.3. The number of nitrogens with one attached hydrogen (secondary N) is 1. The Hall–Kier alpha value is -3.67. The van der Waals surface area contributed by atoms with E-state index < -0.39 is 21.7 Å². The van der Waals surface area contributed by atoms with Crippen molar-refractivity contribution in [1.29, 1.82) is 0 Å². The zero-order valence-corrected chi connectivity index (χ0v) is 30.0. The molecule has 3 aliphatic rings. The average Bonchev–Trinajstić information content (AvgIpc) is 3.54. The lowest BCUT2D eigenvalue weighted by Crippen LogP contribution is -2.43. The molecule has 262 valence electrons. The minimum atomic E-state index is -3.53. The van der Waals surface area contributed by atoms with Gasteiger partial charge in [-0.1, -0.05) is 36.7 Å². The maximum absolute atomic E-state index is 14.5. The van der Waals surface area contributed by atoms with Crippen molar-refractivity contribution in [3.63, 3.8) is 0 Å². The van der Waals surface area contributed by atoms with E-state index in [1.807, 2.05) is 26.0 Å². The number of rotatable bonds is 4. The summed E-state index contributed by atoms with van der Waals surface area (Å²) in [6.07, 6.45) is 12.6. The highest BCUT2D eigenvalue weighted by molar-refractivity contribution is 7.92. The number of aryl methyl sites for hydroxylation is 2. The van der Waals surface area contributed by atoms with Gasteiger partial charge in [0.15, 0.2) is 0 Å². The Morgan fingerprint density at radius 1 is 1.16 bits per heavy atom. The van der Waals surface area contributed by atoms with Crippen molar-refractivity contribution in [2.75, 3.05) is 30.9 Å². The van der Waals surface area contributed by atoms with Crippen molar-refractivity contribution >= 4 is 39.0 Å². The quantitative estimate of drug-likeness (QED) is 0.295. The molecular formula is C37H46ClN5O5S. The number of ether oxygens (including phenoxy) is 2. The van der Waals surface area contributed by atoms with E-state index in [0.717, 1.165) is 44.3 Å². The topological polar surface area (TPSA) is 115 Å². The Morgan fingerprint density at radius 2 is 2.02 bits per heavy atom. The van der Waals surface area contributed by atoms with Crippen LogP contribution in [0.25, 0.3) is 0 Å². The van der Waals surface area contributed by atoms with E-state index in [1.165, 1.54) is 17.3 Å². The van der Waals surface area contributed by atoms with Gasteiger partial charge in [-0.2, -0.15) is 5.10 Å². The van der Waals surface area contributed by atoms with Crippen LogP contribution in [0.1, 0.15) is 77.8 Å². The van der Waals surface area contributed by atoms with Crippen LogP contribution < -0.4 is 14.4 Å². The zero-order valence-electron chi connectivity index (χ0n) is 28.5. The standard InChI is InChI=1S/C37H46ClN5O5S/c1-4-43-23-30(20-39-43)37(45)41-49(46)24-25(2)8-7-10-34(47-3)32-15-12-29(32)22-42-21-28-11-14-31(38)18-26(28)9-5-6-17-48-35-16-13-27(19-33(35)42)36(44)40-49/h7,10-11,13-14,16,18-20,23,25,29,32,34H,4-6,8-9,12,15,17,21-22,24H2,1-3H3,(H,40,41,44,45,46)/b10-7+/t25-,29-,32+,34-,49?/m0/s1. The first kappa shape index (κ1) is 35.2. The number of anilines is 1. The minimum Gasteiger partial charge on any atom is -0.491 e. The molecule has 3 aromatic rings. The SMILES string of the molecule is CCn1cc(C(=O)NS2(=O)=NC(=O)c3ccc4c(c3)N(Cc3ccc(Cl)cc3CCCCO4)C[C@@H]3CC[C@H]3[C@@H](OC)/C=C/C[C@H](C)C2)cn1. The number of carbonyl (C=O) groups excluding carboxylic acids is 2. The smallest absolute Gasteiger partial charge is 0.286 e. The second-order valence-corrected chi connectivity index (χ2v) is 15.9. The van der Waals surface area contributed by atoms with Gasteiger partial charge in [0.05, 0.1) is 35.9 Å². The van der Waals surface area contributed by atoms with Gasteiger partial charge in [0, 0.05) is 43.5 Å². The molecule has 1 saturated carbocycles. The first-order valence-corrected chi connectivity index (χ1v) is 19.3. The Morgan fingerprint density at radius 3 is 2.78 bits per heavy atom. The van der Waals surface area contributed by atoms with E-state index >= 15 is 0 Å². The number of allylic oxidation sites excluding steroid dienone is 1. The molecule has 1 aliphatic carbocycles. The van der Waals surface area contributed by atoms with Gasteiger partial charge >= 0.3 is 0 Å². The van der Waals surface area contributed by atoms with Crippen molar-refractivity contribution in [2.24, 2.45) is 22.1 Å². The van der Waals surface area contributed by atoms with Crippen molar-refractivity contribution in [1.82, 2.24) is 14.5 Å². The normalized spacial score (nSPS) is 26.9. The Labute approximate surface area is 294 Å². The van der Waals surface area contributed by atoms with Crippen LogP contribution >= 0.6 is 11.6 Å². The number of fused-ring (bicyclic) bond motifs is 3. The molecule has 2 amide bonds. The van der Waals surface area contributed by atoms with Crippen LogP contribution in [0.2, 0.25) is 5.02 Å². The van der Waals surface area contributed by atoms with Gasteiger partial charge in [-0.25, -0.2) is 4.21 Å². The molecule has 2 aliphatic heterocycles. The summed E-state index contributed by atoms with van der Waals surface area (Å²) in [6, 6.07) is 11.4. The lowest BCUT2D eigenvalue weighted by atomic mass is 9.70. The molecule has 12 heteroatoms. The fourth-order valence-electron chi connectivity index (χ4n) is 7.03. The molecule has 1 fully saturated rings. The molecule has 0 saturated heterocycles. The highest BCUT2D eigenvalue weighted by atomic mass is 35.5. The number of carbonyl (C=O) groups is 2.